The van der Waals surface area contributed by atoms with Crippen molar-refractivity contribution in [2.75, 3.05) is 5.75 Å². The fourth-order valence-electron chi connectivity index (χ4n) is 1.78. The van der Waals surface area contributed by atoms with Crippen molar-refractivity contribution < 1.29 is 9.18 Å². The van der Waals surface area contributed by atoms with Crippen molar-refractivity contribution in [3.05, 3.63) is 30.1 Å². The number of Topliss-reactive ketones (excluding diaryl/α,β-unsaturated/α-hetero) is 1. The summed E-state index contributed by atoms with van der Waals surface area (Å²) in [5.41, 5.74) is 0.831. The van der Waals surface area contributed by atoms with Crippen LogP contribution in [0.4, 0.5) is 4.39 Å². The zero-order valence-corrected chi connectivity index (χ0v) is 12.3. The van der Waals surface area contributed by atoms with Gasteiger partial charge in [0.05, 0.1) is 0 Å². The van der Waals surface area contributed by atoms with Gasteiger partial charge in [0.2, 0.25) is 0 Å². The highest BCUT2D eigenvalue weighted by Crippen LogP contribution is 2.23. The molecule has 2 rings (SSSR count). The first-order valence-electron chi connectivity index (χ1n) is 6.35. The SMILES string of the molecule is CC(=O)CCCSc1nnc(-c2ccc(F)cc2)n1C. The van der Waals surface area contributed by atoms with Crippen LogP contribution in [0.5, 0.6) is 0 Å². The highest BCUT2D eigenvalue weighted by Gasteiger charge is 2.11. The second-order valence-corrected chi connectivity index (χ2v) is 5.59. The van der Waals surface area contributed by atoms with Gasteiger partial charge in [-0.15, -0.1) is 10.2 Å². The maximum atomic E-state index is 12.9. The summed E-state index contributed by atoms with van der Waals surface area (Å²) in [5, 5.41) is 9.06. The van der Waals surface area contributed by atoms with Crippen molar-refractivity contribution in [3.8, 4) is 11.4 Å². The monoisotopic (exact) mass is 293 g/mol. The average molecular weight is 293 g/mol. The van der Waals surface area contributed by atoms with Gasteiger partial charge >= 0.3 is 0 Å². The minimum atomic E-state index is -0.269. The summed E-state index contributed by atoms with van der Waals surface area (Å²) in [7, 11) is 1.88. The molecule has 0 spiro atoms. The van der Waals surface area contributed by atoms with E-state index in [1.807, 2.05) is 11.6 Å². The van der Waals surface area contributed by atoms with Crippen LogP contribution >= 0.6 is 11.8 Å². The van der Waals surface area contributed by atoms with Crippen molar-refractivity contribution in [1.29, 1.82) is 0 Å². The number of carbonyl (C=O) groups excluding carboxylic acids is 1. The lowest BCUT2D eigenvalue weighted by Crippen LogP contribution is -1.96. The summed E-state index contributed by atoms with van der Waals surface area (Å²) in [5.74, 6) is 1.47. The molecule has 0 amide bonds. The minimum absolute atomic E-state index is 0.204. The number of benzene rings is 1. The third kappa shape index (κ3) is 3.66. The zero-order chi connectivity index (χ0) is 14.5. The van der Waals surface area contributed by atoms with E-state index in [1.165, 1.54) is 12.1 Å². The van der Waals surface area contributed by atoms with Crippen LogP contribution < -0.4 is 0 Å². The Balaban J connectivity index is 2.03. The molecule has 1 heterocycles. The molecular formula is C14H16FN3OS. The lowest BCUT2D eigenvalue weighted by molar-refractivity contribution is -0.117. The first-order chi connectivity index (χ1) is 9.58. The molecule has 0 aliphatic carbocycles. The molecule has 20 heavy (non-hydrogen) atoms. The second-order valence-electron chi connectivity index (χ2n) is 4.53. The molecule has 0 saturated carbocycles. The summed E-state index contributed by atoms with van der Waals surface area (Å²) in [6, 6.07) is 6.18. The summed E-state index contributed by atoms with van der Waals surface area (Å²) in [6.07, 6.45) is 1.43. The second kappa shape index (κ2) is 6.65. The van der Waals surface area contributed by atoms with Gasteiger partial charge < -0.3 is 9.36 Å². The molecule has 0 bridgehead atoms. The number of rotatable bonds is 6. The largest absolute Gasteiger partial charge is 0.305 e. The first-order valence-corrected chi connectivity index (χ1v) is 7.34. The molecule has 6 heteroatoms. The molecule has 0 radical (unpaired) electrons. The number of hydrogen-bond donors (Lipinski definition) is 0. The van der Waals surface area contributed by atoms with Gasteiger partial charge in [0.15, 0.2) is 11.0 Å². The molecule has 0 aliphatic heterocycles. The van der Waals surface area contributed by atoms with Gasteiger partial charge in [-0.25, -0.2) is 4.39 Å². The Labute approximate surface area is 121 Å². The van der Waals surface area contributed by atoms with E-state index >= 15 is 0 Å². The van der Waals surface area contributed by atoms with Gasteiger partial charge in [-0.3, -0.25) is 0 Å². The van der Waals surface area contributed by atoms with Gasteiger partial charge in [0, 0.05) is 24.8 Å². The number of carbonyl (C=O) groups is 1. The van der Waals surface area contributed by atoms with Crippen molar-refractivity contribution in [2.24, 2.45) is 7.05 Å². The predicted octanol–water partition coefficient (Wildman–Crippen LogP) is 3.08. The molecule has 0 N–H and O–H groups in total. The molecule has 0 fully saturated rings. The predicted molar refractivity (Wildman–Crippen MR) is 77.0 cm³/mol. The van der Waals surface area contributed by atoms with E-state index in [4.69, 9.17) is 0 Å². The Bertz CT molecular complexity index is 595. The normalized spacial score (nSPS) is 10.8. The van der Waals surface area contributed by atoms with Crippen LogP contribution in [0.25, 0.3) is 11.4 Å². The Hall–Kier alpha value is -1.69. The number of halogens is 1. The van der Waals surface area contributed by atoms with E-state index in [0.29, 0.717) is 12.2 Å². The van der Waals surface area contributed by atoms with Crippen LogP contribution in [0.15, 0.2) is 29.4 Å². The first kappa shape index (κ1) is 14.7. The Morgan fingerprint density at radius 1 is 1.30 bits per heavy atom. The zero-order valence-electron chi connectivity index (χ0n) is 11.5. The number of ketones is 1. The van der Waals surface area contributed by atoms with Crippen LogP contribution in [0.2, 0.25) is 0 Å². The molecule has 0 atom stereocenters. The van der Waals surface area contributed by atoms with Gasteiger partial charge in [0.1, 0.15) is 11.6 Å². The average Bonchev–Trinajstić information content (AvgIpc) is 2.77. The van der Waals surface area contributed by atoms with Crippen LogP contribution in [-0.4, -0.2) is 26.3 Å². The van der Waals surface area contributed by atoms with Crippen LogP contribution in [0, 0.1) is 5.82 Å². The van der Waals surface area contributed by atoms with Crippen molar-refractivity contribution in [1.82, 2.24) is 14.8 Å². The van der Waals surface area contributed by atoms with Crippen LogP contribution in [-0.2, 0) is 11.8 Å². The molecule has 0 aliphatic rings. The number of hydrogen-bond acceptors (Lipinski definition) is 4. The fourth-order valence-corrected chi connectivity index (χ4v) is 2.63. The number of aromatic nitrogens is 3. The molecular weight excluding hydrogens is 277 g/mol. The Morgan fingerprint density at radius 2 is 2.00 bits per heavy atom. The third-order valence-electron chi connectivity index (χ3n) is 2.84. The van der Waals surface area contributed by atoms with Gasteiger partial charge in [-0.1, -0.05) is 11.8 Å². The highest BCUT2D eigenvalue weighted by molar-refractivity contribution is 7.99. The van der Waals surface area contributed by atoms with Gasteiger partial charge in [0.25, 0.3) is 0 Å². The lowest BCUT2D eigenvalue weighted by Gasteiger charge is -2.03. The maximum absolute atomic E-state index is 12.9. The molecule has 4 nitrogen and oxygen atoms in total. The summed E-state index contributed by atoms with van der Waals surface area (Å²) >= 11 is 1.57. The van der Waals surface area contributed by atoms with E-state index in [9.17, 15) is 9.18 Å². The molecule has 106 valence electrons. The summed E-state index contributed by atoms with van der Waals surface area (Å²) in [6.45, 7) is 1.60. The van der Waals surface area contributed by atoms with E-state index in [0.717, 1.165) is 22.9 Å². The Kier molecular flexibility index (Phi) is 4.89. The van der Waals surface area contributed by atoms with E-state index < -0.39 is 0 Å². The van der Waals surface area contributed by atoms with Crippen molar-refractivity contribution in [3.63, 3.8) is 0 Å². The smallest absolute Gasteiger partial charge is 0.191 e. The third-order valence-corrected chi connectivity index (χ3v) is 3.95. The standard InChI is InChI=1S/C14H16FN3OS/c1-10(19)4-3-9-20-14-17-16-13(18(14)2)11-5-7-12(15)8-6-11/h5-8H,3-4,9H2,1-2H3. The summed E-state index contributed by atoms with van der Waals surface area (Å²) in [4.78, 5) is 10.9. The quantitative estimate of drug-likeness (QED) is 0.606. The maximum Gasteiger partial charge on any atom is 0.191 e. The summed E-state index contributed by atoms with van der Waals surface area (Å²) < 4.78 is 14.8. The van der Waals surface area contributed by atoms with Crippen molar-refractivity contribution >= 4 is 17.5 Å². The van der Waals surface area contributed by atoms with Crippen LogP contribution in [0.3, 0.4) is 0 Å². The highest BCUT2D eigenvalue weighted by atomic mass is 32.2. The van der Waals surface area contributed by atoms with E-state index in [2.05, 4.69) is 10.2 Å². The topological polar surface area (TPSA) is 47.8 Å². The molecule has 2 aromatic rings. The molecule has 0 unspecified atom stereocenters. The van der Waals surface area contributed by atoms with Gasteiger partial charge in [-0.2, -0.15) is 0 Å². The van der Waals surface area contributed by atoms with Gasteiger partial charge in [-0.05, 0) is 37.6 Å². The fraction of sp³-hybridized carbons (Fsp3) is 0.357. The minimum Gasteiger partial charge on any atom is -0.305 e. The number of thioether (sulfide) groups is 1. The van der Waals surface area contributed by atoms with E-state index in [1.54, 1.807) is 30.8 Å². The van der Waals surface area contributed by atoms with E-state index in [-0.39, 0.29) is 11.6 Å². The van der Waals surface area contributed by atoms with Crippen LogP contribution in [0.1, 0.15) is 19.8 Å². The molecule has 1 aromatic carbocycles. The van der Waals surface area contributed by atoms with Crippen molar-refractivity contribution in [2.45, 2.75) is 24.9 Å². The lowest BCUT2D eigenvalue weighted by atomic mass is 10.2. The molecule has 1 aromatic heterocycles. The molecule has 0 saturated heterocycles. The Morgan fingerprint density at radius 3 is 2.65 bits per heavy atom. The number of nitrogens with zero attached hydrogens (tertiary/aromatic N) is 3.